The van der Waals surface area contributed by atoms with Crippen LogP contribution in [0.4, 0.5) is 16.2 Å². The van der Waals surface area contributed by atoms with Crippen LogP contribution >= 0.6 is 11.6 Å². The van der Waals surface area contributed by atoms with Crippen molar-refractivity contribution in [2.45, 2.75) is 26.7 Å². The van der Waals surface area contributed by atoms with Crippen molar-refractivity contribution in [1.82, 2.24) is 0 Å². The van der Waals surface area contributed by atoms with Crippen LogP contribution in [-0.2, 0) is 0 Å². The Bertz CT molecular complexity index is 776. The van der Waals surface area contributed by atoms with Crippen LogP contribution in [0.3, 0.4) is 0 Å². The highest BCUT2D eigenvalue weighted by Gasteiger charge is 2.15. The summed E-state index contributed by atoms with van der Waals surface area (Å²) in [4.78, 5) is 12.5. The monoisotopic (exact) mass is 362 g/mol. The van der Waals surface area contributed by atoms with Crippen molar-refractivity contribution in [1.29, 1.82) is 0 Å². The van der Waals surface area contributed by atoms with Gasteiger partial charge in [-0.3, -0.25) is 0 Å². The van der Waals surface area contributed by atoms with Crippen LogP contribution in [0, 0.1) is 6.92 Å². The van der Waals surface area contributed by atoms with Gasteiger partial charge >= 0.3 is 6.03 Å². The van der Waals surface area contributed by atoms with Gasteiger partial charge in [-0.25, -0.2) is 4.79 Å². The molecule has 2 aromatic carbocycles. The Kier molecular flexibility index (Phi) is 6.15. The molecule has 0 aromatic heterocycles. The zero-order valence-electron chi connectivity index (χ0n) is 15.1. The van der Waals surface area contributed by atoms with E-state index in [2.05, 4.69) is 24.5 Å². The first-order chi connectivity index (χ1) is 11.9. The van der Waals surface area contributed by atoms with Crippen molar-refractivity contribution >= 4 is 29.0 Å². The third-order valence-corrected chi connectivity index (χ3v) is 4.18. The Balaban J connectivity index is 2.27. The normalized spacial score (nSPS) is 10.5. The summed E-state index contributed by atoms with van der Waals surface area (Å²) in [5.74, 6) is 1.20. The van der Waals surface area contributed by atoms with E-state index in [0.717, 1.165) is 16.8 Å². The van der Waals surface area contributed by atoms with Gasteiger partial charge < -0.3 is 20.1 Å². The number of hydrogen-bond donors (Lipinski definition) is 2. The van der Waals surface area contributed by atoms with E-state index in [4.69, 9.17) is 21.1 Å². The van der Waals surface area contributed by atoms with Gasteiger partial charge in [-0.2, -0.15) is 0 Å². The van der Waals surface area contributed by atoms with Crippen LogP contribution < -0.4 is 20.1 Å². The van der Waals surface area contributed by atoms with Crippen LogP contribution in [0.15, 0.2) is 30.3 Å². The highest BCUT2D eigenvalue weighted by atomic mass is 35.5. The third kappa shape index (κ3) is 4.37. The minimum atomic E-state index is -0.362. The molecule has 0 aliphatic carbocycles. The second-order valence-corrected chi connectivity index (χ2v) is 6.37. The number of aryl methyl sites for hydroxylation is 1. The molecule has 134 valence electrons. The van der Waals surface area contributed by atoms with Crippen molar-refractivity contribution in [3.8, 4) is 11.5 Å². The van der Waals surface area contributed by atoms with Crippen LogP contribution in [0.2, 0.25) is 5.02 Å². The number of methoxy groups -OCH3 is 2. The number of carbonyl (C=O) groups is 1. The molecule has 0 aliphatic heterocycles. The second kappa shape index (κ2) is 8.12. The molecule has 0 aliphatic rings. The Hall–Kier alpha value is -2.40. The number of anilines is 2. The first-order valence-electron chi connectivity index (χ1n) is 7.96. The standard InChI is InChI=1S/C19H23ClN2O3/c1-11(2)13-8-6-7-12(3)18(13)22-19(23)21-15-10-16(24-4)14(20)9-17(15)25-5/h6-11H,1-5H3,(H2,21,22,23). The summed E-state index contributed by atoms with van der Waals surface area (Å²) in [5.41, 5.74) is 3.37. The maximum atomic E-state index is 12.5. The average Bonchev–Trinajstić information content (AvgIpc) is 2.57. The summed E-state index contributed by atoms with van der Waals surface area (Å²) in [6, 6.07) is 8.83. The first kappa shape index (κ1) is 18.9. The molecule has 0 radical (unpaired) electrons. The van der Waals surface area contributed by atoms with Crippen LogP contribution in [0.25, 0.3) is 0 Å². The van der Waals surface area contributed by atoms with Gasteiger partial charge in [0.05, 0.1) is 24.9 Å². The van der Waals surface area contributed by atoms with Crippen LogP contribution in [0.5, 0.6) is 11.5 Å². The van der Waals surface area contributed by atoms with Gasteiger partial charge in [0.25, 0.3) is 0 Å². The van der Waals surface area contributed by atoms with E-state index in [1.54, 1.807) is 12.1 Å². The fraction of sp³-hybridized carbons (Fsp3) is 0.316. The first-order valence-corrected chi connectivity index (χ1v) is 8.34. The fourth-order valence-corrected chi connectivity index (χ4v) is 2.80. The van der Waals surface area contributed by atoms with Gasteiger partial charge in [0.1, 0.15) is 11.5 Å². The lowest BCUT2D eigenvalue weighted by molar-refractivity contribution is 0.262. The maximum absolute atomic E-state index is 12.5. The van der Waals surface area contributed by atoms with Gasteiger partial charge in [-0.05, 0) is 24.0 Å². The summed E-state index contributed by atoms with van der Waals surface area (Å²) in [5, 5.41) is 6.13. The zero-order chi connectivity index (χ0) is 18.6. The summed E-state index contributed by atoms with van der Waals surface area (Å²) in [6.45, 7) is 6.14. The Morgan fingerprint density at radius 1 is 1.08 bits per heavy atom. The number of urea groups is 1. The number of ether oxygens (including phenoxy) is 2. The fourth-order valence-electron chi connectivity index (χ4n) is 2.57. The molecule has 0 spiro atoms. The Morgan fingerprint density at radius 2 is 1.76 bits per heavy atom. The minimum Gasteiger partial charge on any atom is -0.495 e. The largest absolute Gasteiger partial charge is 0.495 e. The Labute approximate surface area is 153 Å². The van der Waals surface area contributed by atoms with Crippen molar-refractivity contribution in [3.63, 3.8) is 0 Å². The van der Waals surface area contributed by atoms with Gasteiger partial charge in [0.15, 0.2) is 0 Å². The van der Waals surface area contributed by atoms with Crippen molar-refractivity contribution in [3.05, 3.63) is 46.5 Å². The van der Waals surface area contributed by atoms with Gasteiger partial charge in [0.2, 0.25) is 0 Å². The molecule has 0 unspecified atom stereocenters. The van der Waals surface area contributed by atoms with E-state index in [0.29, 0.717) is 28.1 Å². The van der Waals surface area contributed by atoms with E-state index < -0.39 is 0 Å². The molecule has 2 aromatic rings. The van der Waals surface area contributed by atoms with Gasteiger partial charge in [-0.1, -0.05) is 43.6 Å². The number of carbonyl (C=O) groups excluding carboxylic acids is 1. The van der Waals surface area contributed by atoms with Crippen LogP contribution in [0.1, 0.15) is 30.9 Å². The molecular formula is C19H23ClN2O3. The number of amides is 2. The summed E-state index contributed by atoms with van der Waals surface area (Å²) >= 11 is 6.09. The second-order valence-electron chi connectivity index (χ2n) is 5.96. The summed E-state index contributed by atoms with van der Waals surface area (Å²) in [7, 11) is 3.03. The predicted octanol–water partition coefficient (Wildman–Crippen LogP) is 5.43. The van der Waals surface area contributed by atoms with E-state index in [1.165, 1.54) is 14.2 Å². The summed E-state index contributed by atoms with van der Waals surface area (Å²) in [6.07, 6.45) is 0. The third-order valence-electron chi connectivity index (χ3n) is 3.89. The topological polar surface area (TPSA) is 59.6 Å². The van der Waals surface area contributed by atoms with Gasteiger partial charge in [0, 0.05) is 17.8 Å². The molecule has 25 heavy (non-hydrogen) atoms. The molecule has 2 N–H and O–H groups in total. The lowest BCUT2D eigenvalue weighted by atomic mass is 9.98. The molecular weight excluding hydrogens is 340 g/mol. The molecule has 2 amide bonds. The Morgan fingerprint density at radius 3 is 2.36 bits per heavy atom. The van der Waals surface area contributed by atoms with Crippen molar-refractivity contribution in [2.75, 3.05) is 24.9 Å². The molecule has 0 heterocycles. The SMILES string of the molecule is COc1cc(NC(=O)Nc2c(C)cccc2C(C)C)c(OC)cc1Cl. The number of benzene rings is 2. The summed E-state index contributed by atoms with van der Waals surface area (Å²) < 4.78 is 10.5. The van der Waals surface area contributed by atoms with E-state index in [-0.39, 0.29) is 6.03 Å². The van der Waals surface area contributed by atoms with Crippen molar-refractivity contribution < 1.29 is 14.3 Å². The number of hydrogen-bond acceptors (Lipinski definition) is 3. The molecule has 5 nitrogen and oxygen atoms in total. The quantitative estimate of drug-likeness (QED) is 0.745. The zero-order valence-corrected chi connectivity index (χ0v) is 15.8. The molecule has 0 saturated carbocycles. The van der Waals surface area contributed by atoms with Gasteiger partial charge in [-0.15, -0.1) is 0 Å². The lowest BCUT2D eigenvalue weighted by Gasteiger charge is -2.18. The predicted molar refractivity (Wildman–Crippen MR) is 102 cm³/mol. The lowest BCUT2D eigenvalue weighted by Crippen LogP contribution is -2.21. The average molecular weight is 363 g/mol. The number of nitrogens with one attached hydrogen (secondary N) is 2. The van der Waals surface area contributed by atoms with E-state index in [9.17, 15) is 4.79 Å². The van der Waals surface area contributed by atoms with Crippen molar-refractivity contribution in [2.24, 2.45) is 0 Å². The number of para-hydroxylation sites is 1. The van der Waals surface area contributed by atoms with E-state index in [1.807, 2.05) is 25.1 Å². The highest BCUT2D eigenvalue weighted by molar-refractivity contribution is 6.32. The molecule has 0 saturated heterocycles. The number of rotatable bonds is 5. The van der Waals surface area contributed by atoms with E-state index >= 15 is 0 Å². The minimum absolute atomic E-state index is 0.292. The van der Waals surface area contributed by atoms with Crippen LogP contribution in [-0.4, -0.2) is 20.3 Å². The maximum Gasteiger partial charge on any atom is 0.323 e. The molecule has 0 atom stereocenters. The molecule has 2 rings (SSSR count). The molecule has 0 bridgehead atoms. The smallest absolute Gasteiger partial charge is 0.323 e. The molecule has 0 fully saturated rings. The number of halogens is 1. The molecule has 6 heteroatoms. The highest BCUT2D eigenvalue weighted by Crippen LogP contribution is 2.36.